The maximum absolute atomic E-state index is 13.0. The number of esters is 1. The summed E-state index contributed by atoms with van der Waals surface area (Å²) in [6, 6.07) is 17.3. The fourth-order valence-corrected chi connectivity index (χ4v) is 2.96. The van der Waals surface area contributed by atoms with Gasteiger partial charge in [0.15, 0.2) is 0 Å². The van der Waals surface area contributed by atoms with Crippen molar-refractivity contribution in [1.82, 2.24) is 4.90 Å². The Morgan fingerprint density at radius 3 is 1.97 bits per heavy atom. The predicted octanol–water partition coefficient (Wildman–Crippen LogP) is 4.26. The molecule has 0 spiro atoms. The molecule has 0 aliphatic heterocycles. The molecular weight excluding hydrogens is 370 g/mol. The minimum absolute atomic E-state index is 0.193. The third-order valence-corrected chi connectivity index (χ3v) is 4.15. The van der Waals surface area contributed by atoms with E-state index in [1.807, 2.05) is 36.4 Å². The first kappa shape index (κ1) is 22.4. The molecule has 2 aromatic carbocycles. The van der Waals surface area contributed by atoms with Crippen molar-refractivity contribution in [2.75, 3.05) is 13.2 Å². The van der Waals surface area contributed by atoms with Crippen LogP contribution in [0.2, 0.25) is 0 Å². The summed E-state index contributed by atoms with van der Waals surface area (Å²) >= 11 is 0. The Kier molecular flexibility index (Phi) is 7.79. The van der Waals surface area contributed by atoms with Crippen LogP contribution < -0.4 is 0 Å². The largest absolute Gasteiger partial charge is 0.465 e. The fourth-order valence-electron chi connectivity index (χ4n) is 2.96. The van der Waals surface area contributed by atoms with Crippen molar-refractivity contribution in [3.63, 3.8) is 0 Å². The molecule has 0 aromatic heterocycles. The maximum Gasteiger partial charge on any atom is 0.411 e. The first-order chi connectivity index (χ1) is 13.7. The van der Waals surface area contributed by atoms with Crippen LogP contribution in [0.4, 0.5) is 4.79 Å². The topological polar surface area (TPSA) is 76.1 Å². The van der Waals surface area contributed by atoms with Crippen LogP contribution in [-0.4, -0.2) is 40.8 Å². The number of carbonyl (C=O) groups is 2. The summed E-state index contributed by atoms with van der Waals surface area (Å²) in [5, 5.41) is 11.2. The highest BCUT2D eigenvalue weighted by Gasteiger charge is 2.36. The van der Waals surface area contributed by atoms with Crippen molar-refractivity contribution < 1.29 is 24.2 Å². The monoisotopic (exact) mass is 399 g/mol. The van der Waals surface area contributed by atoms with Gasteiger partial charge in [0.25, 0.3) is 0 Å². The lowest BCUT2D eigenvalue weighted by Gasteiger charge is -2.36. The normalized spacial score (nSPS) is 13.3. The molecule has 0 aliphatic rings. The molecule has 1 N–H and O–H groups in total. The minimum atomic E-state index is -1.07. The van der Waals surface area contributed by atoms with Crippen LogP contribution in [0.3, 0.4) is 0 Å². The van der Waals surface area contributed by atoms with E-state index in [1.54, 1.807) is 52.0 Å². The number of aliphatic hydroxyl groups excluding tert-OH is 1. The summed E-state index contributed by atoms with van der Waals surface area (Å²) < 4.78 is 10.6. The summed E-state index contributed by atoms with van der Waals surface area (Å²) in [4.78, 5) is 26.5. The van der Waals surface area contributed by atoms with E-state index in [0.29, 0.717) is 11.1 Å². The van der Waals surface area contributed by atoms with Gasteiger partial charge in [0.1, 0.15) is 18.2 Å². The number of carbonyl (C=O) groups excluding carboxylic acids is 2. The Morgan fingerprint density at radius 2 is 1.48 bits per heavy atom. The third-order valence-electron chi connectivity index (χ3n) is 4.15. The lowest BCUT2D eigenvalue weighted by molar-refractivity contribution is -0.145. The average molecular weight is 399 g/mol. The number of hydrogen-bond acceptors (Lipinski definition) is 5. The SMILES string of the molecule is CCOC(=O)CN(C(=O)OC(C)(C)C)[C@@H](c1ccccc1)[C@H](O)c1ccccc1. The number of amides is 1. The lowest BCUT2D eigenvalue weighted by atomic mass is 9.94. The van der Waals surface area contributed by atoms with Crippen LogP contribution in [0.1, 0.15) is 51.0 Å². The fraction of sp³-hybridized carbons (Fsp3) is 0.391. The van der Waals surface area contributed by atoms with Crippen molar-refractivity contribution in [2.24, 2.45) is 0 Å². The third kappa shape index (κ3) is 6.61. The van der Waals surface area contributed by atoms with Gasteiger partial charge in [-0.2, -0.15) is 0 Å². The van der Waals surface area contributed by atoms with E-state index in [9.17, 15) is 14.7 Å². The van der Waals surface area contributed by atoms with Gasteiger partial charge in [-0.15, -0.1) is 0 Å². The molecule has 0 unspecified atom stereocenters. The molecule has 6 nitrogen and oxygen atoms in total. The summed E-state index contributed by atoms with van der Waals surface area (Å²) in [6.07, 6.45) is -1.77. The highest BCUT2D eigenvalue weighted by Crippen LogP contribution is 2.35. The maximum atomic E-state index is 13.0. The van der Waals surface area contributed by atoms with Crippen LogP contribution in [0, 0.1) is 0 Å². The molecular formula is C23H29NO5. The minimum Gasteiger partial charge on any atom is -0.465 e. The van der Waals surface area contributed by atoms with Crippen molar-refractivity contribution in [3.05, 3.63) is 71.8 Å². The van der Waals surface area contributed by atoms with Crippen LogP contribution >= 0.6 is 0 Å². The van der Waals surface area contributed by atoms with Crippen LogP contribution in [0.5, 0.6) is 0 Å². The number of rotatable bonds is 7. The molecule has 1 amide bonds. The second-order valence-electron chi connectivity index (χ2n) is 7.62. The van der Waals surface area contributed by atoms with E-state index >= 15 is 0 Å². The average Bonchev–Trinajstić information content (AvgIpc) is 2.67. The van der Waals surface area contributed by atoms with Gasteiger partial charge in [-0.1, -0.05) is 60.7 Å². The first-order valence-corrected chi connectivity index (χ1v) is 9.66. The highest BCUT2D eigenvalue weighted by atomic mass is 16.6. The van der Waals surface area contributed by atoms with E-state index in [0.717, 1.165) is 0 Å². The van der Waals surface area contributed by atoms with Crippen molar-refractivity contribution in [3.8, 4) is 0 Å². The van der Waals surface area contributed by atoms with E-state index in [1.165, 1.54) is 4.90 Å². The van der Waals surface area contributed by atoms with E-state index < -0.39 is 29.8 Å². The smallest absolute Gasteiger partial charge is 0.411 e. The Hall–Kier alpha value is -2.86. The molecule has 156 valence electrons. The number of hydrogen-bond donors (Lipinski definition) is 1. The van der Waals surface area contributed by atoms with Crippen molar-refractivity contribution in [1.29, 1.82) is 0 Å². The number of nitrogens with zero attached hydrogens (tertiary/aromatic N) is 1. The standard InChI is InChI=1S/C23H29NO5/c1-5-28-19(25)16-24(22(27)29-23(2,3)4)20(17-12-8-6-9-13-17)21(26)18-14-10-7-11-15-18/h6-15,20-21,26H,5,16H2,1-4H3/t20-,21+/m0/s1. The zero-order chi connectivity index (χ0) is 21.4. The van der Waals surface area contributed by atoms with Crippen LogP contribution in [0.15, 0.2) is 60.7 Å². The Morgan fingerprint density at radius 1 is 0.966 bits per heavy atom. The second kappa shape index (κ2) is 10.1. The van der Waals surface area contributed by atoms with Gasteiger partial charge in [-0.05, 0) is 38.8 Å². The summed E-state index contributed by atoms with van der Waals surface area (Å²) in [5.74, 6) is -0.570. The molecule has 0 saturated carbocycles. The second-order valence-corrected chi connectivity index (χ2v) is 7.62. The number of ether oxygens (including phenoxy) is 2. The zero-order valence-corrected chi connectivity index (χ0v) is 17.4. The van der Waals surface area contributed by atoms with Crippen molar-refractivity contribution in [2.45, 2.75) is 45.4 Å². The molecule has 29 heavy (non-hydrogen) atoms. The molecule has 2 atom stereocenters. The zero-order valence-electron chi connectivity index (χ0n) is 17.4. The van der Waals surface area contributed by atoms with Gasteiger partial charge in [0, 0.05) is 0 Å². The Labute approximate surface area is 172 Å². The Bertz CT molecular complexity index is 786. The summed E-state index contributed by atoms with van der Waals surface area (Å²) in [5.41, 5.74) is 0.543. The molecule has 0 bridgehead atoms. The molecule has 0 aliphatic carbocycles. The van der Waals surface area contributed by atoms with Crippen LogP contribution in [-0.2, 0) is 14.3 Å². The first-order valence-electron chi connectivity index (χ1n) is 9.66. The van der Waals surface area contributed by atoms with Gasteiger partial charge in [-0.3, -0.25) is 9.69 Å². The highest BCUT2D eigenvalue weighted by molar-refractivity contribution is 5.78. The molecule has 6 heteroatoms. The number of benzene rings is 2. The van der Waals surface area contributed by atoms with Gasteiger partial charge >= 0.3 is 12.1 Å². The molecule has 0 radical (unpaired) electrons. The van der Waals surface area contributed by atoms with Gasteiger partial charge < -0.3 is 14.6 Å². The van der Waals surface area contributed by atoms with Gasteiger partial charge in [0.2, 0.25) is 0 Å². The molecule has 0 heterocycles. The van der Waals surface area contributed by atoms with Crippen LogP contribution in [0.25, 0.3) is 0 Å². The summed E-state index contributed by atoms with van der Waals surface area (Å²) in [7, 11) is 0. The number of aliphatic hydroxyl groups is 1. The quantitative estimate of drug-likeness (QED) is 0.704. The Balaban J connectivity index is 2.49. The van der Waals surface area contributed by atoms with Crippen molar-refractivity contribution >= 4 is 12.1 Å². The predicted molar refractivity (Wildman–Crippen MR) is 110 cm³/mol. The van der Waals surface area contributed by atoms with E-state index in [-0.39, 0.29) is 13.2 Å². The lowest BCUT2D eigenvalue weighted by Crippen LogP contribution is -2.44. The molecule has 2 rings (SSSR count). The molecule has 0 fully saturated rings. The summed E-state index contributed by atoms with van der Waals surface area (Å²) in [6.45, 7) is 6.80. The molecule has 2 aromatic rings. The molecule has 0 saturated heterocycles. The van der Waals surface area contributed by atoms with E-state index in [4.69, 9.17) is 9.47 Å². The van der Waals surface area contributed by atoms with E-state index in [2.05, 4.69) is 0 Å². The van der Waals surface area contributed by atoms with Gasteiger partial charge in [-0.25, -0.2) is 4.79 Å². The van der Waals surface area contributed by atoms with Gasteiger partial charge in [0.05, 0.1) is 12.6 Å².